The van der Waals surface area contributed by atoms with E-state index in [4.69, 9.17) is 9.47 Å². The van der Waals surface area contributed by atoms with Gasteiger partial charge in [0.2, 0.25) is 0 Å². The summed E-state index contributed by atoms with van der Waals surface area (Å²) in [4.78, 5) is 22.3. The third-order valence-electron chi connectivity index (χ3n) is 1.53. The van der Waals surface area contributed by atoms with Gasteiger partial charge in [-0.3, -0.25) is 4.79 Å². The Bertz CT molecular complexity index is 253. The molecule has 0 aliphatic rings. The second kappa shape index (κ2) is 6.18. The van der Waals surface area contributed by atoms with Crippen molar-refractivity contribution in [3.05, 3.63) is 11.3 Å². The van der Waals surface area contributed by atoms with Crippen LogP contribution in [0.2, 0.25) is 0 Å². The van der Waals surface area contributed by atoms with Crippen LogP contribution in [0, 0.1) is 0 Å². The molecule has 0 N–H and O–H groups in total. The van der Waals surface area contributed by atoms with Crippen molar-refractivity contribution in [3.8, 4) is 0 Å². The molecule has 0 saturated heterocycles. The molecule has 0 aliphatic heterocycles. The second-order valence-corrected chi connectivity index (χ2v) is 2.66. The molecule has 0 aromatic rings. The highest BCUT2D eigenvalue weighted by Crippen LogP contribution is 2.09. The molecule has 0 amide bonds. The number of hydrogen-bond donors (Lipinski definition) is 0. The molecule has 80 valence electrons. The first-order valence-corrected chi connectivity index (χ1v) is 4.56. The van der Waals surface area contributed by atoms with Gasteiger partial charge in [0.05, 0.1) is 18.8 Å². The molecule has 0 spiro atoms. The molecule has 0 aliphatic carbocycles. The van der Waals surface area contributed by atoms with Gasteiger partial charge in [-0.25, -0.2) is 4.79 Å². The summed E-state index contributed by atoms with van der Waals surface area (Å²) in [7, 11) is 0. The molecular formula is C10H16O4. The molecule has 0 unspecified atom stereocenters. The number of allylic oxidation sites excluding steroid dienone is 1. The van der Waals surface area contributed by atoms with Crippen molar-refractivity contribution in [1.82, 2.24) is 0 Å². The zero-order valence-electron chi connectivity index (χ0n) is 9.05. The Morgan fingerprint density at radius 1 is 1.00 bits per heavy atom. The Labute approximate surface area is 83.9 Å². The summed E-state index contributed by atoms with van der Waals surface area (Å²) in [5.74, 6) is -0.686. The van der Waals surface area contributed by atoms with E-state index in [9.17, 15) is 9.59 Å². The van der Waals surface area contributed by atoms with Crippen molar-refractivity contribution in [1.29, 1.82) is 0 Å². The van der Waals surface area contributed by atoms with E-state index in [2.05, 4.69) is 0 Å². The monoisotopic (exact) mass is 200 g/mol. The van der Waals surface area contributed by atoms with Gasteiger partial charge in [0, 0.05) is 6.92 Å². The molecular weight excluding hydrogens is 184 g/mol. The Morgan fingerprint density at radius 3 is 1.86 bits per heavy atom. The first-order valence-electron chi connectivity index (χ1n) is 4.56. The maximum Gasteiger partial charge on any atom is 0.337 e. The number of esters is 1. The maximum absolute atomic E-state index is 11.3. The summed E-state index contributed by atoms with van der Waals surface area (Å²) in [5, 5.41) is 0. The van der Waals surface area contributed by atoms with Gasteiger partial charge in [0.15, 0.2) is 11.5 Å². The van der Waals surface area contributed by atoms with Crippen molar-refractivity contribution in [2.75, 3.05) is 13.2 Å². The maximum atomic E-state index is 11.3. The summed E-state index contributed by atoms with van der Waals surface area (Å²) in [6.45, 7) is 6.97. The summed E-state index contributed by atoms with van der Waals surface area (Å²) in [5.41, 5.74) is 0.223. The molecule has 0 rings (SSSR count). The third-order valence-corrected chi connectivity index (χ3v) is 1.53. The summed E-state index contributed by atoms with van der Waals surface area (Å²) >= 11 is 0. The Morgan fingerprint density at radius 2 is 1.50 bits per heavy atom. The van der Waals surface area contributed by atoms with Gasteiger partial charge in [-0.15, -0.1) is 0 Å². The molecule has 0 aromatic carbocycles. The summed E-state index contributed by atoms with van der Waals surface area (Å²) in [6, 6.07) is 0. The van der Waals surface area contributed by atoms with Crippen molar-refractivity contribution in [3.63, 3.8) is 0 Å². The molecule has 4 heteroatoms. The van der Waals surface area contributed by atoms with Crippen LogP contribution in [0.15, 0.2) is 11.3 Å². The van der Waals surface area contributed by atoms with Crippen molar-refractivity contribution in [2.24, 2.45) is 0 Å². The Hall–Kier alpha value is -1.32. The van der Waals surface area contributed by atoms with Gasteiger partial charge in [0.1, 0.15) is 0 Å². The first-order chi connectivity index (χ1) is 6.54. The smallest absolute Gasteiger partial charge is 0.337 e. The average Bonchev–Trinajstić information content (AvgIpc) is 2.13. The zero-order chi connectivity index (χ0) is 11.1. The Kier molecular flexibility index (Phi) is 5.60. The lowest BCUT2D eigenvalue weighted by Crippen LogP contribution is -2.13. The van der Waals surface area contributed by atoms with Crippen LogP contribution in [0.25, 0.3) is 0 Å². The quantitative estimate of drug-likeness (QED) is 0.383. The van der Waals surface area contributed by atoms with Crippen LogP contribution >= 0.6 is 0 Å². The van der Waals surface area contributed by atoms with Gasteiger partial charge in [-0.2, -0.15) is 0 Å². The molecule has 0 heterocycles. The lowest BCUT2D eigenvalue weighted by molar-refractivity contribution is -0.139. The normalized spacial score (nSPS) is 11.7. The van der Waals surface area contributed by atoms with E-state index >= 15 is 0 Å². The number of carbonyl (C=O) groups excluding carboxylic acids is 2. The fourth-order valence-corrected chi connectivity index (χ4v) is 0.950. The SMILES string of the molecule is CCOC(=O)C(C)=C(OCC)C(C)=O. The van der Waals surface area contributed by atoms with Gasteiger partial charge in [-0.05, 0) is 20.8 Å². The van der Waals surface area contributed by atoms with Crippen molar-refractivity contribution < 1.29 is 19.1 Å². The zero-order valence-corrected chi connectivity index (χ0v) is 9.05. The van der Waals surface area contributed by atoms with Crippen LogP contribution in [0.1, 0.15) is 27.7 Å². The van der Waals surface area contributed by atoms with E-state index in [0.29, 0.717) is 6.61 Å². The fourth-order valence-electron chi connectivity index (χ4n) is 0.950. The molecule has 0 bridgehead atoms. The largest absolute Gasteiger partial charge is 0.490 e. The third kappa shape index (κ3) is 3.60. The second-order valence-electron chi connectivity index (χ2n) is 2.66. The van der Waals surface area contributed by atoms with E-state index < -0.39 is 5.97 Å². The standard InChI is InChI=1S/C10H16O4/c1-5-13-9(8(4)11)7(3)10(12)14-6-2/h5-6H2,1-4H3. The van der Waals surface area contributed by atoms with Gasteiger partial charge in [0.25, 0.3) is 0 Å². The van der Waals surface area contributed by atoms with E-state index in [1.54, 1.807) is 13.8 Å². The summed E-state index contributed by atoms with van der Waals surface area (Å²) < 4.78 is 9.81. The highest BCUT2D eigenvalue weighted by molar-refractivity contribution is 6.00. The number of carbonyl (C=O) groups is 2. The van der Waals surface area contributed by atoms with Crippen LogP contribution in [0.3, 0.4) is 0 Å². The predicted molar refractivity (Wildman–Crippen MR) is 51.6 cm³/mol. The lowest BCUT2D eigenvalue weighted by Gasteiger charge is -2.08. The first kappa shape index (κ1) is 12.7. The van der Waals surface area contributed by atoms with E-state index in [1.165, 1.54) is 13.8 Å². The van der Waals surface area contributed by atoms with Gasteiger partial charge >= 0.3 is 5.97 Å². The highest BCUT2D eigenvalue weighted by Gasteiger charge is 2.16. The van der Waals surface area contributed by atoms with E-state index in [0.717, 1.165) is 0 Å². The van der Waals surface area contributed by atoms with Crippen LogP contribution in [-0.2, 0) is 19.1 Å². The topological polar surface area (TPSA) is 52.6 Å². The van der Waals surface area contributed by atoms with Crippen LogP contribution in [0.5, 0.6) is 0 Å². The molecule has 0 atom stereocenters. The Balaban J connectivity index is 4.79. The predicted octanol–water partition coefficient (Wildman–Crippen LogP) is 1.45. The lowest BCUT2D eigenvalue weighted by atomic mass is 10.2. The minimum atomic E-state index is -0.508. The molecule has 14 heavy (non-hydrogen) atoms. The molecule has 0 saturated carbocycles. The molecule has 0 aromatic heterocycles. The average molecular weight is 200 g/mol. The van der Waals surface area contributed by atoms with Crippen molar-refractivity contribution in [2.45, 2.75) is 27.7 Å². The number of ketones is 1. The molecule has 4 nitrogen and oxygen atoms in total. The highest BCUT2D eigenvalue weighted by atomic mass is 16.5. The fraction of sp³-hybridized carbons (Fsp3) is 0.600. The number of ether oxygens (including phenoxy) is 2. The van der Waals surface area contributed by atoms with Gasteiger partial charge < -0.3 is 9.47 Å². The number of hydrogen-bond acceptors (Lipinski definition) is 4. The molecule has 0 fully saturated rings. The minimum absolute atomic E-state index is 0.0888. The van der Waals surface area contributed by atoms with E-state index in [-0.39, 0.29) is 23.7 Å². The molecule has 0 radical (unpaired) electrons. The number of rotatable bonds is 5. The van der Waals surface area contributed by atoms with Gasteiger partial charge in [-0.1, -0.05) is 0 Å². The van der Waals surface area contributed by atoms with Crippen LogP contribution in [-0.4, -0.2) is 25.0 Å². The summed E-state index contributed by atoms with van der Waals surface area (Å²) in [6.07, 6.45) is 0. The van der Waals surface area contributed by atoms with Crippen LogP contribution < -0.4 is 0 Å². The number of Topliss-reactive ketones (excluding diaryl/α,β-unsaturated/α-hetero) is 1. The van der Waals surface area contributed by atoms with Crippen molar-refractivity contribution >= 4 is 11.8 Å². The van der Waals surface area contributed by atoms with E-state index in [1.807, 2.05) is 0 Å². The minimum Gasteiger partial charge on any atom is -0.490 e. The van der Waals surface area contributed by atoms with Crippen LogP contribution in [0.4, 0.5) is 0 Å².